The Morgan fingerprint density at radius 2 is 1.88 bits per heavy atom. The van der Waals surface area contributed by atoms with Crippen molar-refractivity contribution in [3.05, 3.63) is 0 Å². The fourth-order valence-electron chi connectivity index (χ4n) is 1.84. The Hall–Kier alpha value is -1.27. The van der Waals surface area contributed by atoms with Gasteiger partial charge in [0.25, 0.3) is 0 Å². The predicted octanol–water partition coefficient (Wildman–Crippen LogP) is 1.26. The molecule has 1 aliphatic heterocycles. The molecule has 0 aromatic rings. The molecule has 1 N–H and O–H groups in total. The van der Waals surface area contributed by atoms with Crippen LogP contribution < -0.4 is 0 Å². The number of rotatable bonds is 1. The summed E-state index contributed by atoms with van der Waals surface area (Å²) in [5, 5.41) is 8.77. The first-order chi connectivity index (χ1) is 7.23. The van der Waals surface area contributed by atoms with Crippen LogP contribution in [0.25, 0.3) is 0 Å². The second-order valence-electron chi connectivity index (χ2n) is 3.84. The van der Waals surface area contributed by atoms with Gasteiger partial charge in [0.15, 0.2) is 0 Å². The maximum absolute atomic E-state index is 12.4. The number of hydrogen-bond acceptors (Lipinski definition) is 2. The number of carbonyl (C=O) groups excluding carboxylic acids is 1. The molecule has 1 aliphatic rings. The third kappa shape index (κ3) is 2.65. The summed E-state index contributed by atoms with van der Waals surface area (Å²) < 4.78 is 37.3. The number of alkyl halides is 3. The molecule has 1 amide bonds. The van der Waals surface area contributed by atoms with Crippen molar-refractivity contribution in [2.24, 2.45) is 5.92 Å². The summed E-state index contributed by atoms with van der Waals surface area (Å²) in [6.45, 7) is 0.518. The monoisotopic (exact) mass is 239 g/mol. The van der Waals surface area contributed by atoms with Gasteiger partial charge in [-0.15, -0.1) is 0 Å². The molecule has 4 nitrogen and oxygen atoms in total. The number of likely N-dealkylation sites (tertiary alicyclic amines) is 1. The quantitative estimate of drug-likeness (QED) is 0.749. The fourth-order valence-corrected chi connectivity index (χ4v) is 1.84. The Morgan fingerprint density at radius 3 is 2.25 bits per heavy atom. The highest BCUT2D eigenvalue weighted by Crippen LogP contribution is 2.35. The van der Waals surface area contributed by atoms with Crippen molar-refractivity contribution >= 4 is 11.9 Å². The summed E-state index contributed by atoms with van der Waals surface area (Å²) in [7, 11) is 0. The van der Waals surface area contributed by atoms with Gasteiger partial charge in [-0.25, -0.2) is 4.79 Å². The largest absolute Gasteiger partial charge is 0.480 e. The van der Waals surface area contributed by atoms with Gasteiger partial charge in [-0.1, -0.05) is 0 Å². The first-order valence-electron chi connectivity index (χ1n) is 4.80. The van der Waals surface area contributed by atoms with Gasteiger partial charge in [-0.2, -0.15) is 13.2 Å². The third-order valence-corrected chi connectivity index (χ3v) is 2.73. The van der Waals surface area contributed by atoms with E-state index in [4.69, 9.17) is 5.11 Å². The van der Waals surface area contributed by atoms with Gasteiger partial charge >= 0.3 is 12.1 Å². The zero-order valence-corrected chi connectivity index (χ0v) is 8.62. The molecule has 0 radical (unpaired) electrons. The van der Waals surface area contributed by atoms with Crippen LogP contribution in [0.15, 0.2) is 0 Å². The molecule has 0 bridgehead atoms. The zero-order valence-electron chi connectivity index (χ0n) is 8.62. The van der Waals surface area contributed by atoms with Gasteiger partial charge in [-0.3, -0.25) is 4.79 Å². The molecule has 1 heterocycles. The van der Waals surface area contributed by atoms with Crippen LogP contribution in [0.5, 0.6) is 0 Å². The van der Waals surface area contributed by atoms with E-state index < -0.39 is 36.6 Å². The van der Waals surface area contributed by atoms with Crippen LogP contribution in [0.4, 0.5) is 13.2 Å². The van der Waals surface area contributed by atoms with Crippen molar-refractivity contribution in [2.75, 3.05) is 6.54 Å². The smallest absolute Gasteiger partial charge is 0.393 e. The van der Waals surface area contributed by atoms with Crippen LogP contribution in [0, 0.1) is 5.92 Å². The van der Waals surface area contributed by atoms with Gasteiger partial charge in [0.05, 0.1) is 5.92 Å². The summed E-state index contributed by atoms with van der Waals surface area (Å²) in [6, 6.07) is -1.13. The van der Waals surface area contributed by atoms with E-state index in [1.54, 1.807) is 0 Å². The molecule has 2 unspecified atom stereocenters. The van der Waals surface area contributed by atoms with Crippen molar-refractivity contribution in [1.82, 2.24) is 4.90 Å². The van der Waals surface area contributed by atoms with Gasteiger partial charge < -0.3 is 10.0 Å². The number of piperidine rings is 1. The van der Waals surface area contributed by atoms with Gasteiger partial charge in [0.2, 0.25) is 5.91 Å². The number of halogens is 3. The third-order valence-electron chi connectivity index (χ3n) is 2.73. The van der Waals surface area contributed by atoms with Crippen LogP contribution in [0.2, 0.25) is 0 Å². The van der Waals surface area contributed by atoms with Crippen molar-refractivity contribution in [3.63, 3.8) is 0 Å². The predicted molar refractivity (Wildman–Crippen MR) is 47.6 cm³/mol. The molecule has 0 aromatic carbocycles. The minimum absolute atomic E-state index is 0.154. The first kappa shape index (κ1) is 12.8. The Kier molecular flexibility index (Phi) is 3.44. The normalized spacial score (nSPS) is 26.6. The second-order valence-corrected chi connectivity index (χ2v) is 3.84. The van der Waals surface area contributed by atoms with Crippen LogP contribution in [0.3, 0.4) is 0 Å². The summed E-state index contributed by atoms with van der Waals surface area (Å²) in [5.74, 6) is -3.51. The van der Waals surface area contributed by atoms with Crippen molar-refractivity contribution < 1.29 is 27.9 Å². The zero-order chi connectivity index (χ0) is 12.5. The Balaban J connectivity index is 2.81. The number of carboxylic acid groups (broad SMARTS) is 1. The molecule has 0 saturated carbocycles. The molecule has 1 rings (SSSR count). The summed E-state index contributed by atoms with van der Waals surface area (Å²) >= 11 is 0. The topological polar surface area (TPSA) is 57.6 Å². The van der Waals surface area contributed by atoms with Gasteiger partial charge in [0, 0.05) is 13.5 Å². The van der Waals surface area contributed by atoms with Crippen molar-refractivity contribution in [3.8, 4) is 0 Å². The van der Waals surface area contributed by atoms with Crippen molar-refractivity contribution in [2.45, 2.75) is 32.0 Å². The molecular formula is C9H12F3NO3. The molecule has 0 spiro atoms. The fraction of sp³-hybridized carbons (Fsp3) is 0.778. The minimum Gasteiger partial charge on any atom is -0.480 e. The highest BCUT2D eigenvalue weighted by atomic mass is 19.4. The van der Waals surface area contributed by atoms with E-state index in [-0.39, 0.29) is 12.8 Å². The van der Waals surface area contributed by atoms with Crippen LogP contribution in [-0.2, 0) is 9.59 Å². The van der Waals surface area contributed by atoms with E-state index in [1.807, 2.05) is 0 Å². The number of amides is 1. The number of carboxylic acids is 1. The molecule has 2 atom stereocenters. The minimum atomic E-state index is -4.38. The lowest BCUT2D eigenvalue weighted by Crippen LogP contribution is -2.52. The molecule has 0 aromatic heterocycles. The average molecular weight is 239 g/mol. The number of carbonyl (C=O) groups is 2. The van der Waals surface area contributed by atoms with Crippen LogP contribution in [-0.4, -0.2) is 40.6 Å². The average Bonchev–Trinajstić information content (AvgIpc) is 2.15. The maximum atomic E-state index is 12.4. The van der Waals surface area contributed by atoms with E-state index in [2.05, 4.69) is 0 Å². The molecule has 1 fully saturated rings. The molecule has 7 heteroatoms. The van der Waals surface area contributed by atoms with E-state index in [1.165, 1.54) is 0 Å². The maximum Gasteiger partial charge on any atom is 0.393 e. The summed E-state index contributed by atoms with van der Waals surface area (Å²) in [4.78, 5) is 22.6. The lowest BCUT2D eigenvalue weighted by atomic mass is 9.92. The Morgan fingerprint density at radius 1 is 1.31 bits per heavy atom. The van der Waals surface area contributed by atoms with E-state index in [0.29, 0.717) is 0 Å². The summed E-state index contributed by atoms with van der Waals surface area (Å²) in [6.07, 6.45) is -4.78. The molecule has 1 saturated heterocycles. The lowest BCUT2D eigenvalue weighted by molar-refractivity contribution is -0.194. The molecule has 92 valence electrons. The van der Waals surface area contributed by atoms with E-state index in [0.717, 1.165) is 11.8 Å². The van der Waals surface area contributed by atoms with E-state index in [9.17, 15) is 22.8 Å². The lowest BCUT2D eigenvalue weighted by Gasteiger charge is -2.37. The number of aliphatic carboxylic acids is 1. The number of nitrogens with zero attached hydrogens (tertiary/aromatic N) is 1. The SMILES string of the molecule is CC(=O)N1CC(C(F)(F)F)CCC1C(=O)O. The van der Waals surface area contributed by atoms with E-state index >= 15 is 0 Å². The summed E-state index contributed by atoms with van der Waals surface area (Å²) in [5.41, 5.74) is 0. The molecule has 0 aliphatic carbocycles. The Bertz CT molecular complexity index is 303. The Labute approximate surface area is 90.0 Å². The van der Waals surface area contributed by atoms with Crippen LogP contribution in [0.1, 0.15) is 19.8 Å². The molecular weight excluding hydrogens is 227 g/mol. The highest BCUT2D eigenvalue weighted by molar-refractivity contribution is 5.82. The number of hydrogen-bond donors (Lipinski definition) is 1. The van der Waals surface area contributed by atoms with Gasteiger partial charge in [0.1, 0.15) is 6.04 Å². The van der Waals surface area contributed by atoms with Crippen molar-refractivity contribution in [1.29, 1.82) is 0 Å². The van der Waals surface area contributed by atoms with Crippen LogP contribution >= 0.6 is 0 Å². The molecule has 16 heavy (non-hydrogen) atoms. The second kappa shape index (κ2) is 4.31. The van der Waals surface area contributed by atoms with Gasteiger partial charge in [-0.05, 0) is 12.8 Å². The highest BCUT2D eigenvalue weighted by Gasteiger charge is 2.46. The first-order valence-corrected chi connectivity index (χ1v) is 4.80. The standard InChI is InChI=1S/C9H12F3NO3/c1-5(14)13-4-6(9(10,11)12)2-3-7(13)8(15)16/h6-7H,2-4H2,1H3,(H,15,16).